The third-order valence-electron chi connectivity index (χ3n) is 1.05. The second-order valence-electron chi connectivity index (χ2n) is 1.79. The Kier molecular flexibility index (Phi) is 5.01. The molecular weight excluding hydrogens is 104 g/mol. The molecule has 0 aliphatic heterocycles. The van der Waals surface area contributed by atoms with Gasteiger partial charge in [0.05, 0.1) is 6.10 Å². The molecule has 0 unspecified atom stereocenters. The molecule has 0 aliphatic rings. The van der Waals surface area contributed by atoms with Gasteiger partial charge in [-0.1, -0.05) is 6.92 Å². The summed E-state index contributed by atoms with van der Waals surface area (Å²) in [5.41, 5.74) is 0. The molecule has 0 aromatic carbocycles. The summed E-state index contributed by atoms with van der Waals surface area (Å²) >= 11 is 0. The van der Waals surface area contributed by atoms with Crippen molar-refractivity contribution in [1.29, 1.82) is 0 Å². The second kappa shape index (κ2) is 5.06. The maximum atomic E-state index is 5.12. The average molecular weight is 118 g/mol. The molecule has 0 rings (SSSR count). The van der Waals surface area contributed by atoms with Gasteiger partial charge in [0.15, 0.2) is 0 Å². The average Bonchev–Trinajstić information content (AvgIpc) is 1.83. The predicted octanol–water partition coefficient (Wildman–Crippen LogP) is 1.41. The molecule has 0 saturated heterocycles. The third kappa shape index (κ3) is 4.09. The largest absolute Gasteiger partial charge is 0.359 e. The van der Waals surface area contributed by atoms with Crippen LogP contribution in [0.5, 0.6) is 0 Å². The van der Waals surface area contributed by atoms with Crippen LogP contribution < -0.4 is 0 Å². The van der Waals surface area contributed by atoms with E-state index in [2.05, 4.69) is 6.92 Å². The Morgan fingerprint density at radius 2 is 2.12 bits per heavy atom. The molecule has 2 nitrogen and oxygen atoms in total. The zero-order chi connectivity index (χ0) is 6.41. The van der Waals surface area contributed by atoms with Crippen LogP contribution in [0.1, 0.15) is 20.3 Å². The standard InChI is InChI=1S/C6H14O2/c1-4-6(2)8-5-7-3/h6H,4-5H2,1-3H3/t6-/m0/s1. The molecule has 0 N–H and O–H groups in total. The lowest BCUT2D eigenvalue weighted by atomic mass is 10.3. The van der Waals surface area contributed by atoms with Crippen LogP contribution in [-0.2, 0) is 9.47 Å². The molecule has 0 heterocycles. The Bertz CT molecular complexity index is 45.8. The highest BCUT2D eigenvalue weighted by molar-refractivity contribution is 4.40. The lowest BCUT2D eigenvalue weighted by Crippen LogP contribution is -2.07. The molecule has 0 amide bonds. The quantitative estimate of drug-likeness (QED) is 0.519. The van der Waals surface area contributed by atoms with E-state index in [0.29, 0.717) is 12.9 Å². The van der Waals surface area contributed by atoms with E-state index in [9.17, 15) is 0 Å². The minimum Gasteiger partial charge on any atom is -0.359 e. The van der Waals surface area contributed by atoms with Crippen molar-refractivity contribution in [2.75, 3.05) is 13.9 Å². The lowest BCUT2D eigenvalue weighted by Gasteiger charge is -2.07. The third-order valence-corrected chi connectivity index (χ3v) is 1.05. The van der Waals surface area contributed by atoms with E-state index in [-0.39, 0.29) is 0 Å². The Morgan fingerprint density at radius 3 is 2.50 bits per heavy atom. The van der Waals surface area contributed by atoms with Crippen molar-refractivity contribution in [3.63, 3.8) is 0 Å². The summed E-state index contributed by atoms with van der Waals surface area (Å²) in [6.45, 7) is 4.52. The van der Waals surface area contributed by atoms with Crippen LogP contribution in [0, 0.1) is 0 Å². The molecule has 2 heteroatoms. The first-order valence-electron chi connectivity index (χ1n) is 2.91. The van der Waals surface area contributed by atoms with Crippen molar-refractivity contribution >= 4 is 0 Å². The monoisotopic (exact) mass is 118 g/mol. The minimum absolute atomic E-state index is 0.329. The van der Waals surface area contributed by atoms with Crippen LogP contribution in [0.3, 0.4) is 0 Å². The van der Waals surface area contributed by atoms with Gasteiger partial charge in [-0.25, -0.2) is 0 Å². The molecule has 0 saturated carbocycles. The van der Waals surface area contributed by atoms with Gasteiger partial charge in [-0.05, 0) is 13.3 Å². The fourth-order valence-electron chi connectivity index (χ4n) is 0.302. The fourth-order valence-corrected chi connectivity index (χ4v) is 0.302. The van der Waals surface area contributed by atoms with Gasteiger partial charge in [0.25, 0.3) is 0 Å². The molecule has 0 radical (unpaired) electrons. The van der Waals surface area contributed by atoms with Crippen molar-refractivity contribution in [2.24, 2.45) is 0 Å². The summed E-state index contributed by atoms with van der Waals surface area (Å²) in [6, 6.07) is 0. The van der Waals surface area contributed by atoms with Crippen LogP contribution in [0.25, 0.3) is 0 Å². The van der Waals surface area contributed by atoms with Gasteiger partial charge >= 0.3 is 0 Å². The van der Waals surface area contributed by atoms with E-state index >= 15 is 0 Å². The first kappa shape index (κ1) is 7.92. The number of ether oxygens (including phenoxy) is 2. The second-order valence-corrected chi connectivity index (χ2v) is 1.79. The van der Waals surface area contributed by atoms with E-state index < -0.39 is 0 Å². The SMILES string of the molecule is CC[C@H](C)OCOC. The number of methoxy groups -OCH3 is 1. The van der Waals surface area contributed by atoms with E-state index in [1.165, 1.54) is 0 Å². The lowest BCUT2D eigenvalue weighted by molar-refractivity contribution is -0.0658. The highest BCUT2D eigenvalue weighted by Crippen LogP contribution is 1.93. The molecule has 0 aromatic rings. The summed E-state index contributed by atoms with van der Waals surface area (Å²) in [5.74, 6) is 0. The van der Waals surface area contributed by atoms with Crippen molar-refractivity contribution < 1.29 is 9.47 Å². The van der Waals surface area contributed by atoms with Gasteiger partial charge in [0.2, 0.25) is 0 Å². The van der Waals surface area contributed by atoms with Crippen molar-refractivity contribution in [3.8, 4) is 0 Å². The number of hydrogen-bond donors (Lipinski definition) is 0. The normalized spacial score (nSPS) is 13.9. The van der Waals surface area contributed by atoms with Crippen LogP contribution in [0.2, 0.25) is 0 Å². The zero-order valence-corrected chi connectivity index (χ0v) is 5.81. The predicted molar refractivity (Wildman–Crippen MR) is 32.7 cm³/mol. The first-order valence-corrected chi connectivity index (χ1v) is 2.91. The van der Waals surface area contributed by atoms with Crippen molar-refractivity contribution in [1.82, 2.24) is 0 Å². The van der Waals surface area contributed by atoms with Crippen molar-refractivity contribution in [2.45, 2.75) is 26.4 Å². The highest BCUT2D eigenvalue weighted by atomic mass is 16.7. The molecular formula is C6H14O2. The molecule has 0 bridgehead atoms. The summed E-state index contributed by atoms with van der Waals surface area (Å²) < 4.78 is 9.81. The van der Waals surface area contributed by atoms with Gasteiger partial charge in [-0.3, -0.25) is 0 Å². The first-order chi connectivity index (χ1) is 3.81. The number of hydrogen-bond acceptors (Lipinski definition) is 2. The maximum Gasteiger partial charge on any atom is 0.146 e. The van der Waals surface area contributed by atoms with Gasteiger partial charge in [-0.2, -0.15) is 0 Å². The topological polar surface area (TPSA) is 18.5 Å². The molecule has 1 atom stereocenters. The Balaban J connectivity index is 2.86. The van der Waals surface area contributed by atoms with E-state index in [0.717, 1.165) is 6.42 Å². The molecule has 0 aliphatic carbocycles. The fraction of sp³-hybridized carbons (Fsp3) is 1.00. The van der Waals surface area contributed by atoms with Gasteiger partial charge < -0.3 is 9.47 Å². The maximum absolute atomic E-state index is 5.12. The van der Waals surface area contributed by atoms with Crippen LogP contribution >= 0.6 is 0 Å². The van der Waals surface area contributed by atoms with Crippen molar-refractivity contribution in [3.05, 3.63) is 0 Å². The summed E-state index contributed by atoms with van der Waals surface area (Å²) in [7, 11) is 1.63. The Labute approximate surface area is 50.8 Å². The molecule has 50 valence electrons. The molecule has 0 aromatic heterocycles. The van der Waals surface area contributed by atoms with Crippen LogP contribution in [0.15, 0.2) is 0 Å². The van der Waals surface area contributed by atoms with E-state index in [1.807, 2.05) is 6.92 Å². The zero-order valence-electron chi connectivity index (χ0n) is 5.81. The highest BCUT2D eigenvalue weighted by Gasteiger charge is 1.94. The number of rotatable bonds is 4. The minimum atomic E-state index is 0.329. The molecule has 0 fully saturated rings. The van der Waals surface area contributed by atoms with Crippen LogP contribution in [-0.4, -0.2) is 20.0 Å². The van der Waals surface area contributed by atoms with E-state index in [4.69, 9.17) is 9.47 Å². The van der Waals surface area contributed by atoms with Gasteiger partial charge in [-0.15, -0.1) is 0 Å². The Hall–Kier alpha value is -0.0800. The molecule has 0 spiro atoms. The van der Waals surface area contributed by atoms with Crippen LogP contribution in [0.4, 0.5) is 0 Å². The van der Waals surface area contributed by atoms with Gasteiger partial charge in [0.1, 0.15) is 6.79 Å². The Morgan fingerprint density at radius 1 is 1.50 bits per heavy atom. The summed E-state index contributed by atoms with van der Waals surface area (Å²) in [5, 5.41) is 0. The smallest absolute Gasteiger partial charge is 0.146 e. The van der Waals surface area contributed by atoms with E-state index in [1.54, 1.807) is 7.11 Å². The summed E-state index contributed by atoms with van der Waals surface area (Å²) in [6.07, 6.45) is 1.37. The van der Waals surface area contributed by atoms with Gasteiger partial charge in [0, 0.05) is 7.11 Å². The molecule has 8 heavy (non-hydrogen) atoms. The summed E-state index contributed by atoms with van der Waals surface area (Å²) in [4.78, 5) is 0.